The first-order valence-corrected chi connectivity index (χ1v) is 4.23. The summed E-state index contributed by atoms with van der Waals surface area (Å²) in [5.74, 6) is 0.764. The molecule has 62 valence electrons. The van der Waals surface area contributed by atoms with Crippen molar-refractivity contribution in [2.24, 2.45) is 0 Å². The van der Waals surface area contributed by atoms with Gasteiger partial charge in [-0.3, -0.25) is 0 Å². The average molecular weight is 226 g/mol. The highest BCUT2D eigenvalue weighted by atomic mass is 79.9. The van der Waals surface area contributed by atoms with Crippen LogP contribution in [0.15, 0.2) is 22.7 Å². The molecule has 0 spiro atoms. The SMILES string of the molecule is [C-]#[N+]Cc1c(Br)cccc1OC. The predicted octanol–water partition coefficient (Wildman–Crippen LogP) is 2.88. The predicted molar refractivity (Wildman–Crippen MR) is 51.0 cm³/mol. The molecule has 1 aromatic carbocycles. The highest BCUT2D eigenvalue weighted by molar-refractivity contribution is 9.10. The number of rotatable bonds is 2. The van der Waals surface area contributed by atoms with Gasteiger partial charge in [-0.25, -0.2) is 6.57 Å². The maximum absolute atomic E-state index is 6.76. The number of hydrogen-bond donors (Lipinski definition) is 0. The molecule has 12 heavy (non-hydrogen) atoms. The molecule has 2 nitrogen and oxygen atoms in total. The summed E-state index contributed by atoms with van der Waals surface area (Å²) >= 11 is 3.37. The average Bonchev–Trinajstić information content (AvgIpc) is 2.09. The van der Waals surface area contributed by atoms with Gasteiger partial charge in [0, 0.05) is 4.47 Å². The summed E-state index contributed by atoms with van der Waals surface area (Å²) in [5, 5.41) is 0. The number of benzene rings is 1. The lowest BCUT2D eigenvalue weighted by atomic mass is 10.2. The van der Waals surface area contributed by atoms with Gasteiger partial charge in [-0.2, -0.15) is 0 Å². The summed E-state index contributed by atoms with van der Waals surface area (Å²) < 4.78 is 6.03. The Labute approximate surface area is 80.1 Å². The van der Waals surface area contributed by atoms with Crippen LogP contribution in [0.2, 0.25) is 0 Å². The molecular formula is C9H8BrNO. The van der Waals surface area contributed by atoms with E-state index in [1.807, 2.05) is 18.2 Å². The van der Waals surface area contributed by atoms with Gasteiger partial charge >= 0.3 is 0 Å². The number of nitrogens with zero attached hydrogens (tertiary/aromatic N) is 1. The maximum Gasteiger partial charge on any atom is 0.244 e. The summed E-state index contributed by atoms with van der Waals surface area (Å²) in [6, 6.07) is 5.64. The van der Waals surface area contributed by atoms with E-state index in [1.165, 1.54) is 0 Å². The molecule has 0 fully saturated rings. The normalized spacial score (nSPS) is 9.08. The number of halogens is 1. The van der Waals surface area contributed by atoms with Crippen LogP contribution in [0.25, 0.3) is 4.85 Å². The Morgan fingerprint density at radius 1 is 1.58 bits per heavy atom. The molecule has 0 N–H and O–H groups in total. The van der Waals surface area contributed by atoms with Gasteiger partial charge in [-0.15, -0.1) is 0 Å². The second kappa shape index (κ2) is 4.13. The van der Waals surface area contributed by atoms with E-state index in [9.17, 15) is 0 Å². The highest BCUT2D eigenvalue weighted by Crippen LogP contribution is 2.26. The van der Waals surface area contributed by atoms with Crippen LogP contribution in [0.3, 0.4) is 0 Å². The minimum atomic E-state index is 0.352. The van der Waals surface area contributed by atoms with E-state index in [2.05, 4.69) is 20.8 Å². The summed E-state index contributed by atoms with van der Waals surface area (Å²) in [7, 11) is 1.61. The van der Waals surface area contributed by atoms with E-state index in [4.69, 9.17) is 11.3 Å². The molecule has 1 rings (SSSR count). The van der Waals surface area contributed by atoms with Gasteiger partial charge in [0.25, 0.3) is 0 Å². The quantitative estimate of drug-likeness (QED) is 0.707. The van der Waals surface area contributed by atoms with Crippen LogP contribution < -0.4 is 4.74 Å². The Bertz CT molecular complexity index is 317. The third-order valence-electron chi connectivity index (χ3n) is 1.53. The van der Waals surface area contributed by atoms with Crippen molar-refractivity contribution in [2.75, 3.05) is 7.11 Å². The summed E-state index contributed by atoms with van der Waals surface area (Å²) in [4.78, 5) is 3.32. The molecule has 0 radical (unpaired) electrons. The lowest BCUT2D eigenvalue weighted by Crippen LogP contribution is -1.90. The van der Waals surface area contributed by atoms with E-state index in [0.29, 0.717) is 6.54 Å². The van der Waals surface area contributed by atoms with Gasteiger partial charge in [0.2, 0.25) is 6.54 Å². The summed E-state index contributed by atoms with van der Waals surface area (Å²) in [6.07, 6.45) is 0. The fraction of sp³-hybridized carbons (Fsp3) is 0.222. The Kier molecular flexibility index (Phi) is 3.12. The third kappa shape index (κ3) is 1.77. The van der Waals surface area contributed by atoms with Gasteiger partial charge < -0.3 is 9.58 Å². The second-order valence-electron chi connectivity index (χ2n) is 2.24. The van der Waals surface area contributed by atoms with Crippen molar-refractivity contribution < 1.29 is 4.74 Å². The largest absolute Gasteiger partial charge is 0.496 e. The zero-order chi connectivity index (χ0) is 8.97. The molecule has 0 aliphatic carbocycles. The molecule has 0 saturated carbocycles. The lowest BCUT2D eigenvalue weighted by molar-refractivity contribution is 0.410. The van der Waals surface area contributed by atoms with Gasteiger partial charge in [-0.1, -0.05) is 22.0 Å². The topological polar surface area (TPSA) is 13.6 Å². The summed E-state index contributed by atoms with van der Waals surface area (Å²) in [6.45, 7) is 7.11. The Morgan fingerprint density at radius 2 is 2.33 bits per heavy atom. The number of ether oxygens (including phenoxy) is 1. The second-order valence-corrected chi connectivity index (χ2v) is 3.09. The van der Waals surface area contributed by atoms with Crippen molar-refractivity contribution in [1.29, 1.82) is 0 Å². The van der Waals surface area contributed by atoms with Gasteiger partial charge in [0.1, 0.15) is 5.75 Å². The Hall–Kier alpha value is -1.01. The zero-order valence-corrected chi connectivity index (χ0v) is 8.26. The minimum Gasteiger partial charge on any atom is -0.496 e. The first-order valence-electron chi connectivity index (χ1n) is 3.44. The van der Waals surface area contributed by atoms with Gasteiger partial charge in [0.05, 0.1) is 12.7 Å². The molecule has 0 unspecified atom stereocenters. The van der Waals surface area contributed by atoms with Crippen LogP contribution in [0.4, 0.5) is 0 Å². The van der Waals surface area contributed by atoms with E-state index in [1.54, 1.807) is 7.11 Å². The van der Waals surface area contributed by atoms with Crippen molar-refractivity contribution in [3.63, 3.8) is 0 Å². The Morgan fingerprint density at radius 3 is 2.92 bits per heavy atom. The van der Waals surface area contributed by atoms with E-state index in [0.717, 1.165) is 15.8 Å². The van der Waals surface area contributed by atoms with Crippen LogP contribution in [0, 0.1) is 6.57 Å². The molecule has 0 aliphatic rings. The molecule has 1 aromatic rings. The molecular weight excluding hydrogens is 218 g/mol. The van der Waals surface area contributed by atoms with Crippen LogP contribution in [0.5, 0.6) is 5.75 Å². The molecule has 0 saturated heterocycles. The molecule has 0 bridgehead atoms. The van der Waals surface area contributed by atoms with Gasteiger partial charge in [0.15, 0.2) is 0 Å². The fourth-order valence-corrected chi connectivity index (χ4v) is 1.44. The van der Waals surface area contributed by atoms with E-state index < -0.39 is 0 Å². The van der Waals surface area contributed by atoms with Crippen LogP contribution in [0.1, 0.15) is 5.56 Å². The standard InChI is InChI=1S/C9H8BrNO/c1-11-6-7-8(10)4-3-5-9(7)12-2/h3-5H,6H2,2H3. The van der Waals surface area contributed by atoms with Crippen molar-refractivity contribution in [3.05, 3.63) is 39.7 Å². The molecule has 0 amide bonds. The number of hydrogen-bond acceptors (Lipinski definition) is 1. The Balaban J connectivity index is 3.12. The van der Waals surface area contributed by atoms with Crippen LogP contribution in [-0.4, -0.2) is 7.11 Å². The molecule has 3 heteroatoms. The first-order chi connectivity index (χ1) is 5.79. The smallest absolute Gasteiger partial charge is 0.244 e. The van der Waals surface area contributed by atoms with Gasteiger partial charge in [-0.05, 0) is 12.1 Å². The lowest BCUT2D eigenvalue weighted by Gasteiger charge is -2.04. The fourth-order valence-electron chi connectivity index (χ4n) is 0.963. The first kappa shape index (κ1) is 9.08. The number of methoxy groups -OCH3 is 1. The molecule has 0 heterocycles. The van der Waals surface area contributed by atoms with Crippen molar-refractivity contribution in [2.45, 2.75) is 6.54 Å². The van der Waals surface area contributed by atoms with Crippen molar-refractivity contribution in [3.8, 4) is 5.75 Å². The summed E-state index contributed by atoms with van der Waals surface area (Å²) in [5.41, 5.74) is 0.912. The third-order valence-corrected chi connectivity index (χ3v) is 2.28. The molecule has 0 aliphatic heterocycles. The van der Waals surface area contributed by atoms with Crippen LogP contribution >= 0.6 is 15.9 Å². The van der Waals surface area contributed by atoms with E-state index >= 15 is 0 Å². The monoisotopic (exact) mass is 225 g/mol. The highest BCUT2D eigenvalue weighted by Gasteiger charge is 2.08. The van der Waals surface area contributed by atoms with E-state index in [-0.39, 0.29) is 0 Å². The molecule has 0 atom stereocenters. The van der Waals surface area contributed by atoms with Crippen molar-refractivity contribution in [1.82, 2.24) is 0 Å². The van der Waals surface area contributed by atoms with Crippen molar-refractivity contribution >= 4 is 15.9 Å². The zero-order valence-electron chi connectivity index (χ0n) is 6.67. The molecule has 0 aromatic heterocycles. The maximum atomic E-state index is 6.76. The minimum absolute atomic E-state index is 0.352. The van der Waals surface area contributed by atoms with Crippen LogP contribution in [-0.2, 0) is 6.54 Å².